The topological polar surface area (TPSA) is 52.5 Å². The van der Waals surface area contributed by atoms with Gasteiger partial charge in [0.25, 0.3) is 0 Å². The first kappa shape index (κ1) is 16.8. The van der Waals surface area contributed by atoms with Crippen molar-refractivity contribution in [1.82, 2.24) is 9.38 Å². The largest absolute Gasteiger partial charge is 0.491 e. The molecule has 0 aliphatic rings. The minimum absolute atomic E-state index is 0.154. The molecule has 5 heteroatoms. The number of pyridine rings is 1. The summed E-state index contributed by atoms with van der Waals surface area (Å²) < 4.78 is 7.75. The fourth-order valence-electron chi connectivity index (χ4n) is 2.80. The van der Waals surface area contributed by atoms with Gasteiger partial charge in [-0.3, -0.25) is 0 Å². The standard InChI is InChI=1S/C19H22ClN3O/c1-12(2)24-16-7-4-14(5-8-16)18-19(13(3)10-21)23-11-15(20)6-9-17(23)22-18/h4-9,11-13H,10,21H2,1-3H3. The van der Waals surface area contributed by atoms with E-state index in [0.717, 1.165) is 28.3 Å². The molecule has 2 heterocycles. The van der Waals surface area contributed by atoms with Gasteiger partial charge in [0.1, 0.15) is 11.4 Å². The van der Waals surface area contributed by atoms with Crippen LogP contribution in [0.3, 0.4) is 0 Å². The Morgan fingerprint density at radius 2 is 1.83 bits per heavy atom. The number of hydrogen-bond acceptors (Lipinski definition) is 3. The van der Waals surface area contributed by atoms with Crippen molar-refractivity contribution in [2.24, 2.45) is 5.73 Å². The molecule has 2 N–H and O–H groups in total. The highest BCUT2D eigenvalue weighted by molar-refractivity contribution is 6.30. The number of ether oxygens (including phenoxy) is 1. The van der Waals surface area contributed by atoms with Crippen molar-refractivity contribution >= 4 is 17.2 Å². The van der Waals surface area contributed by atoms with Crippen molar-refractivity contribution in [2.75, 3.05) is 6.54 Å². The van der Waals surface area contributed by atoms with Crippen LogP contribution in [-0.4, -0.2) is 22.0 Å². The van der Waals surface area contributed by atoms with E-state index in [1.807, 2.05) is 60.8 Å². The smallest absolute Gasteiger partial charge is 0.137 e. The van der Waals surface area contributed by atoms with Crippen LogP contribution in [0, 0.1) is 0 Å². The number of benzene rings is 1. The predicted molar refractivity (Wildman–Crippen MR) is 98.9 cm³/mol. The summed E-state index contributed by atoms with van der Waals surface area (Å²) in [7, 11) is 0. The van der Waals surface area contributed by atoms with Crippen LogP contribution >= 0.6 is 11.6 Å². The zero-order valence-electron chi connectivity index (χ0n) is 14.2. The summed E-state index contributed by atoms with van der Waals surface area (Å²) in [6.07, 6.45) is 2.05. The number of nitrogens with two attached hydrogens (primary N) is 1. The van der Waals surface area contributed by atoms with Crippen LogP contribution < -0.4 is 10.5 Å². The summed E-state index contributed by atoms with van der Waals surface area (Å²) in [5.74, 6) is 1.02. The maximum absolute atomic E-state index is 6.17. The third kappa shape index (κ3) is 3.25. The second-order valence-corrected chi connectivity index (χ2v) is 6.69. The Bertz CT molecular complexity index is 840. The zero-order chi connectivity index (χ0) is 17.3. The monoisotopic (exact) mass is 343 g/mol. The van der Waals surface area contributed by atoms with Crippen LogP contribution in [0.5, 0.6) is 5.75 Å². The number of imidazole rings is 1. The van der Waals surface area contributed by atoms with Crippen molar-refractivity contribution in [3.8, 4) is 17.0 Å². The summed E-state index contributed by atoms with van der Waals surface area (Å²) in [6, 6.07) is 11.8. The Hall–Kier alpha value is -2.04. The first-order chi connectivity index (χ1) is 11.5. The molecule has 0 aliphatic heterocycles. The molecular formula is C19H22ClN3O. The van der Waals surface area contributed by atoms with Gasteiger partial charge in [-0.05, 0) is 50.2 Å². The van der Waals surface area contributed by atoms with Crippen molar-refractivity contribution in [1.29, 1.82) is 0 Å². The van der Waals surface area contributed by atoms with Crippen LogP contribution in [0.4, 0.5) is 0 Å². The molecule has 0 spiro atoms. The molecule has 0 saturated heterocycles. The summed E-state index contributed by atoms with van der Waals surface area (Å²) in [6.45, 7) is 6.67. The lowest BCUT2D eigenvalue weighted by Gasteiger charge is -2.13. The predicted octanol–water partition coefficient (Wildman–Crippen LogP) is 4.50. The van der Waals surface area contributed by atoms with E-state index in [1.54, 1.807) is 0 Å². The summed E-state index contributed by atoms with van der Waals surface area (Å²) in [5.41, 5.74) is 9.85. The molecule has 0 bridgehead atoms. The number of rotatable bonds is 5. The van der Waals surface area contributed by atoms with Gasteiger partial charge in [0.2, 0.25) is 0 Å². The van der Waals surface area contributed by atoms with Gasteiger partial charge in [0, 0.05) is 24.2 Å². The summed E-state index contributed by atoms with van der Waals surface area (Å²) in [5, 5.41) is 0.678. The molecule has 3 aromatic rings. The summed E-state index contributed by atoms with van der Waals surface area (Å²) in [4.78, 5) is 4.79. The van der Waals surface area contributed by atoms with Gasteiger partial charge in [-0.2, -0.15) is 0 Å². The molecule has 24 heavy (non-hydrogen) atoms. The molecule has 126 valence electrons. The normalized spacial score (nSPS) is 12.8. The Morgan fingerprint density at radius 1 is 1.12 bits per heavy atom. The fourth-order valence-corrected chi connectivity index (χ4v) is 2.96. The molecular weight excluding hydrogens is 322 g/mol. The molecule has 4 nitrogen and oxygen atoms in total. The minimum atomic E-state index is 0.154. The van der Waals surface area contributed by atoms with Gasteiger partial charge in [-0.1, -0.05) is 18.5 Å². The molecule has 0 saturated carbocycles. The van der Waals surface area contributed by atoms with E-state index in [0.29, 0.717) is 11.6 Å². The number of nitrogens with zero attached hydrogens (tertiary/aromatic N) is 2. The van der Waals surface area contributed by atoms with Gasteiger partial charge in [-0.15, -0.1) is 0 Å². The lowest BCUT2D eigenvalue weighted by Crippen LogP contribution is -2.12. The van der Waals surface area contributed by atoms with Gasteiger partial charge < -0.3 is 14.9 Å². The van der Waals surface area contributed by atoms with Gasteiger partial charge in [0.15, 0.2) is 0 Å². The second-order valence-electron chi connectivity index (χ2n) is 6.25. The molecule has 3 rings (SSSR count). The van der Waals surface area contributed by atoms with Crippen molar-refractivity contribution in [3.05, 3.63) is 53.3 Å². The average molecular weight is 344 g/mol. The van der Waals surface area contributed by atoms with Crippen LogP contribution in [0.2, 0.25) is 5.02 Å². The molecule has 2 aromatic heterocycles. The van der Waals surface area contributed by atoms with E-state index in [1.165, 1.54) is 0 Å². The van der Waals surface area contributed by atoms with Gasteiger partial charge >= 0.3 is 0 Å². The van der Waals surface area contributed by atoms with E-state index in [4.69, 9.17) is 27.1 Å². The first-order valence-corrected chi connectivity index (χ1v) is 8.52. The maximum atomic E-state index is 6.17. The number of halogens is 1. The molecule has 1 aromatic carbocycles. The number of hydrogen-bond donors (Lipinski definition) is 1. The van der Waals surface area contributed by atoms with Crippen molar-refractivity contribution < 1.29 is 4.74 Å². The maximum Gasteiger partial charge on any atom is 0.137 e. The van der Waals surface area contributed by atoms with Gasteiger partial charge in [-0.25, -0.2) is 4.98 Å². The zero-order valence-corrected chi connectivity index (χ0v) is 14.9. The SMILES string of the molecule is CC(C)Oc1ccc(-c2nc3ccc(Cl)cn3c2C(C)CN)cc1. The minimum Gasteiger partial charge on any atom is -0.491 e. The third-order valence-corrected chi connectivity index (χ3v) is 4.16. The molecule has 0 radical (unpaired) electrons. The van der Waals surface area contributed by atoms with Crippen LogP contribution in [0.1, 0.15) is 32.4 Å². The summed E-state index contributed by atoms with van der Waals surface area (Å²) >= 11 is 6.17. The van der Waals surface area contributed by atoms with Crippen molar-refractivity contribution in [2.45, 2.75) is 32.8 Å². The van der Waals surface area contributed by atoms with E-state index in [-0.39, 0.29) is 12.0 Å². The van der Waals surface area contributed by atoms with E-state index in [2.05, 4.69) is 6.92 Å². The van der Waals surface area contributed by atoms with Crippen LogP contribution in [0.15, 0.2) is 42.6 Å². The van der Waals surface area contributed by atoms with Crippen molar-refractivity contribution in [3.63, 3.8) is 0 Å². The lowest BCUT2D eigenvalue weighted by molar-refractivity contribution is 0.242. The Morgan fingerprint density at radius 3 is 2.46 bits per heavy atom. The lowest BCUT2D eigenvalue weighted by atomic mass is 10.0. The quantitative estimate of drug-likeness (QED) is 0.741. The Labute approximate surface area is 147 Å². The van der Waals surface area contributed by atoms with E-state index >= 15 is 0 Å². The van der Waals surface area contributed by atoms with Crippen LogP contribution in [-0.2, 0) is 0 Å². The number of fused-ring (bicyclic) bond motifs is 1. The molecule has 0 amide bonds. The average Bonchev–Trinajstić information content (AvgIpc) is 2.92. The highest BCUT2D eigenvalue weighted by atomic mass is 35.5. The van der Waals surface area contributed by atoms with Crippen LogP contribution in [0.25, 0.3) is 16.9 Å². The highest BCUT2D eigenvalue weighted by Crippen LogP contribution is 2.31. The van der Waals surface area contributed by atoms with Gasteiger partial charge in [0.05, 0.1) is 22.5 Å². The highest BCUT2D eigenvalue weighted by Gasteiger charge is 2.19. The van der Waals surface area contributed by atoms with E-state index < -0.39 is 0 Å². The molecule has 0 fully saturated rings. The first-order valence-electron chi connectivity index (χ1n) is 8.14. The Kier molecular flexibility index (Phi) is 4.78. The third-order valence-electron chi connectivity index (χ3n) is 3.94. The Balaban J connectivity index is 2.11. The molecule has 0 aliphatic carbocycles. The fraction of sp³-hybridized carbons (Fsp3) is 0.316. The van der Waals surface area contributed by atoms with E-state index in [9.17, 15) is 0 Å². The molecule has 1 atom stereocenters. The second kappa shape index (κ2) is 6.83. The number of aromatic nitrogens is 2. The molecule has 1 unspecified atom stereocenters.